The van der Waals surface area contributed by atoms with Crippen molar-refractivity contribution in [3.63, 3.8) is 0 Å². The van der Waals surface area contributed by atoms with Crippen molar-refractivity contribution in [2.75, 3.05) is 5.32 Å². The molecule has 5 rings (SSSR count). The Morgan fingerprint density at radius 2 is 1.92 bits per heavy atom. The molecule has 0 radical (unpaired) electrons. The maximum Gasteiger partial charge on any atom is 0.276 e. The number of fused-ring (bicyclic) bond motifs is 1. The molecule has 36 heavy (non-hydrogen) atoms. The molecule has 0 spiro atoms. The van der Waals surface area contributed by atoms with Gasteiger partial charge in [-0.15, -0.1) is 0 Å². The van der Waals surface area contributed by atoms with E-state index in [1.165, 1.54) is 18.5 Å². The first-order valence-electron chi connectivity index (χ1n) is 11.7. The quantitative estimate of drug-likeness (QED) is 0.526. The maximum absolute atomic E-state index is 13.7. The van der Waals surface area contributed by atoms with Crippen molar-refractivity contribution in [3.8, 4) is 0 Å². The molecule has 186 valence electrons. The molecule has 3 aromatic rings. The summed E-state index contributed by atoms with van der Waals surface area (Å²) in [4.78, 5) is 46.1. The lowest BCUT2D eigenvalue weighted by atomic mass is 9.93. The highest BCUT2D eigenvalue weighted by Crippen LogP contribution is 2.39. The Hall–Kier alpha value is -3.72. The fourth-order valence-corrected chi connectivity index (χ4v) is 4.80. The van der Waals surface area contributed by atoms with Gasteiger partial charge in [-0.3, -0.25) is 14.4 Å². The van der Waals surface area contributed by atoms with E-state index in [9.17, 15) is 18.8 Å². The van der Waals surface area contributed by atoms with E-state index in [1.54, 1.807) is 53.6 Å². The van der Waals surface area contributed by atoms with Crippen LogP contribution in [0.4, 0.5) is 10.1 Å². The Labute approximate surface area is 212 Å². The van der Waals surface area contributed by atoms with Crippen molar-refractivity contribution in [3.05, 3.63) is 82.1 Å². The first-order valence-corrected chi connectivity index (χ1v) is 12.0. The number of anilines is 1. The zero-order valence-electron chi connectivity index (χ0n) is 19.8. The summed E-state index contributed by atoms with van der Waals surface area (Å²) in [6.07, 6.45) is 2.98. The van der Waals surface area contributed by atoms with Crippen LogP contribution in [0.15, 0.2) is 48.8 Å². The van der Waals surface area contributed by atoms with Crippen LogP contribution in [0.2, 0.25) is 5.02 Å². The summed E-state index contributed by atoms with van der Waals surface area (Å²) in [5.74, 6) is -1.61. The van der Waals surface area contributed by atoms with Crippen molar-refractivity contribution in [2.24, 2.45) is 0 Å². The van der Waals surface area contributed by atoms with Crippen LogP contribution in [-0.2, 0) is 17.9 Å². The first-order chi connectivity index (χ1) is 17.2. The lowest BCUT2D eigenvalue weighted by molar-refractivity contribution is -0.133. The van der Waals surface area contributed by atoms with Gasteiger partial charge >= 0.3 is 0 Å². The zero-order valence-corrected chi connectivity index (χ0v) is 20.6. The summed E-state index contributed by atoms with van der Waals surface area (Å²) in [7, 11) is 0. The third-order valence-corrected chi connectivity index (χ3v) is 7.18. The van der Waals surface area contributed by atoms with E-state index >= 15 is 0 Å². The van der Waals surface area contributed by atoms with Gasteiger partial charge < -0.3 is 20.1 Å². The molecular formula is C26H25ClFN5O3. The van der Waals surface area contributed by atoms with E-state index in [0.717, 1.165) is 18.4 Å². The number of benzene rings is 2. The predicted octanol–water partition coefficient (Wildman–Crippen LogP) is 3.93. The Morgan fingerprint density at radius 3 is 2.61 bits per heavy atom. The van der Waals surface area contributed by atoms with Gasteiger partial charge in [0, 0.05) is 23.3 Å². The number of carbonyl (C=O) groups is 3. The Kier molecular flexibility index (Phi) is 6.04. The normalized spacial score (nSPS) is 19.1. The molecule has 2 aliphatic rings. The van der Waals surface area contributed by atoms with Gasteiger partial charge in [-0.2, -0.15) is 0 Å². The zero-order chi connectivity index (χ0) is 25.6. The number of amides is 3. The van der Waals surface area contributed by atoms with E-state index in [4.69, 9.17) is 11.6 Å². The number of carbonyl (C=O) groups excluding carboxylic acids is 3. The number of aromatic nitrogens is 2. The first kappa shape index (κ1) is 24.0. The number of hydrogen-bond acceptors (Lipinski definition) is 4. The lowest BCUT2D eigenvalue weighted by Gasteiger charge is -2.44. The molecule has 8 nitrogen and oxygen atoms in total. The van der Waals surface area contributed by atoms with Crippen LogP contribution >= 0.6 is 11.6 Å². The van der Waals surface area contributed by atoms with E-state index in [2.05, 4.69) is 15.6 Å². The molecule has 1 atom stereocenters. The molecule has 1 aromatic heterocycles. The fraction of sp³-hybridized carbons (Fsp3) is 0.308. The van der Waals surface area contributed by atoms with Crippen LogP contribution in [0.1, 0.15) is 51.9 Å². The topological polar surface area (TPSA) is 96.3 Å². The fourth-order valence-electron chi connectivity index (χ4n) is 4.62. The Bertz CT molecular complexity index is 1370. The number of halogens is 2. The van der Waals surface area contributed by atoms with E-state index < -0.39 is 17.4 Å². The van der Waals surface area contributed by atoms with Crippen LogP contribution in [-0.4, -0.2) is 43.8 Å². The largest absolute Gasteiger partial charge is 0.350 e. The van der Waals surface area contributed by atoms with Crippen LogP contribution in [0.3, 0.4) is 0 Å². The highest BCUT2D eigenvalue weighted by molar-refractivity contribution is 6.31. The second-order valence-corrected chi connectivity index (χ2v) is 9.83. The molecule has 3 amide bonds. The van der Waals surface area contributed by atoms with Gasteiger partial charge in [-0.25, -0.2) is 9.37 Å². The van der Waals surface area contributed by atoms with Crippen LogP contribution in [0.5, 0.6) is 0 Å². The average Bonchev–Trinajstić information content (AvgIpc) is 3.59. The molecule has 1 aliphatic carbocycles. The monoisotopic (exact) mass is 509 g/mol. The standard InChI is InChI=1S/C26H25ClFN5O3/c1-15-19(27)4-3-5-20(15)31-23(34)21-22-24(35)33(18-10-11-18)26(2,13-32(22)14-30-21)25(36)29-12-16-6-8-17(28)9-7-16/h3-9,14,18H,10-13H2,1-2H3,(H,29,36)(H,31,34)/t26-/m0/s1. The number of nitrogens with one attached hydrogen (secondary N) is 2. The summed E-state index contributed by atoms with van der Waals surface area (Å²) in [6.45, 7) is 3.86. The van der Waals surface area contributed by atoms with E-state index in [-0.39, 0.29) is 42.2 Å². The van der Waals surface area contributed by atoms with Crippen LogP contribution in [0.25, 0.3) is 0 Å². The van der Waals surface area contributed by atoms with Crippen molar-refractivity contribution in [1.29, 1.82) is 0 Å². The Morgan fingerprint density at radius 1 is 1.19 bits per heavy atom. The third-order valence-electron chi connectivity index (χ3n) is 6.77. The van der Waals surface area contributed by atoms with Crippen molar-refractivity contribution in [1.82, 2.24) is 19.8 Å². The SMILES string of the molecule is Cc1c(Cl)cccc1NC(=O)c1ncn2c1C(=O)N(C1CC1)[C@](C)(C(=O)NCc1ccc(F)cc1)C2. The summed E-state index contributed by atoms with van der Waals surface area (Å²) < 4.78 is 14.8. The van der Waals surface area contributed by atoms with Gasteiger partial charge in [-0.1, -0.05) is 29.8 Å². The molecule has 0 bridgehead atoms. The lowest BCUT2D eigenvalue weighted by Crippen LogP contribution is -2.64. The van der Waals surface area contributed by atoms with Crippen molar-refractivity contribution in [2.45, 2.75) is 51.4 Å². The molecule has 0 saturated heterocycles. The van der Waals surface area contributed by atoms with Gasteiger partial charge in [0.2, 0.25) is 5.91 Å². The highest BCUT2D eigenvalue weighted by atomic mass is 35.5. The summed E-state index contributed by atoms with van der Waals surface area (Å²) >= 11 is 6.17. The number of imidazole rings is 1. The smallest absolute Gasteiger partial charge is 0.276 e. The number of nitrogens with zero attached hydrogens (tertiary/aromatic N) is 3. The van der Waals surface area contributed by atoms with E-state index in [0.29, 0.717) is 16.3 Å². The molecular weight excluding hydrogens is 485 g/mol. The average molecular weight is 510 g/mol. The van der Waals surface area contributed by atoms with Crippen molar-refractivity contribution < 1.29 is 18.8 Å². The molecule has 10 heteroatoms. The van der Waals surface area contributed by atoms with Gasteiger partial charge in [0.25, 0.3) is 11.8 Å². The molecule has 1 saturated carbocycles. The summed E-state index contributed by atoms with van der Waals surface area (Å²) in [6, 6.07) is 11.0. The highest BCUT2D eigenvalue weighted by Gasteiger charge is 2.53. The van der Waals surface area contributed by atoms with E-state index in [1.807, 2.05) is 0 Å². The van der Waals surface area contributed by atoms with Crippen molar-refractivity contribution >= 4 is 35.0 Å². The van der Waals surface area contributed by atoms with Gasteiger partial charge in [0.15, 0.2) is 5.69 Å². The summed E-state index contributed by atoms with van der Waals surface area (Å²) in [5, 5.41) is 6.19. The van der Waals surface area contributed by atoms with Crippen LogP contribution in [0, 0.1) is 12.7 Å². The van der Waals surface area contributed by atoms with Gasteiger partial charge in [-0.05, 0) is 62.1 Å². The van der Waals surface area contributed by atoms with Gasteiger partial charge in [0.05, 0.1) is 12.9 Å². The minimum Gasteiger partial charge on any atom is -0.350 e. The predicted molar refractivity (Wildman–Crippen MR) is 132 cm³/mol. The summed E-state index contributed by atoms with van der Waals surface area (Å²) in [5.41, 5.74) is 0.954. The maximum atomic E-state index is 13.7. The van der Waals surface area contributed by atoms with Crippen LogP contribution < -0.4 is 10.6 Å². The number of hydrogen-bond donors (Lipinski definition) is 2. The molecule has 0 unspecified atom stereocenters. The minimum absolute atomic E-state index is 0.00111. The Balaban J connectivity index is 1.41. The molecule has 1 fully saturated rings. The molecule has 1 aliphatic heterocycles. The molecule has 2 N–H and O–H groups in total. The molecule has 2 heterocycles. The second-order valence-electron chi connectivity index (χ2n) is 9.43. The second kappa shape index (κ2) is 9.05. The number of rotatable bonds is 6. The third kappa shape index (κ3) is 4.24. The van der Waals surface area contributed by atoms with Gasteiger partial charge in [0.1, 0.15) is 17.1 Å². The minimum atomic E-state index is -1.18. The molecule has 2 aromatic carbocycles.